The van der Waals surface area contributed by atoms with Crippen molar-refractivity contribution in [2.24, 2.45) is 0 Å². The van der Waals surface area contributed by atoms with Crippen LogP contribution in [0.2, 0.25) is 0 Å². The normalized spacial score (nSPS) is 13.5. The number of nitrogens with zero attached hydrogens (tertiary/aromatic N) is 2. The van der Waals surface area contributed by atoms with Gasteiger partial charge in [-0.25, -0.2) is 4.98 Å². The zero-order valence-corrected chi connectivity index (χ0v) is 11.2. The van der Waals surface area contributed by atoms with Crippen molar-refractivity contribution in [1.29, 1.82) is 0 Å². The van der Waals surface area contributed by atoms with Crippen molar-refractivity contribution in [3.8, 4) is 0 Å². The lowest BCUT2D eigenvalue weighted by molar-refractivity contribution is 0.0988. The average molecular weight is 303 g/mol. The summed E-state index contributed by atoms with van der Waals surface area (Å²) >= 11 is 3.35. The number of fused-ring (bicyclic) bond motifs is 1. The van der Waals surface area contributed by atoms with Gasteiger partial charge in [-0.05, 0) is 46.1 Å². The molecule has 1 aromatic carbocycles. The molecule has 18 heavy (non-hydrogen) atoms. The lowest BCUT2D eigenvalue weighted by atomic mass is 10.2. The van der Waals surface area contributed by atoms with E-state index in [1.807, 2.05) is 42.5 Å². The van der Waals surface area contributed by atoms with Crippen molar-refractivity contribution < 1.29 is 4.79 Å². The van der Waals surface area contributed by atoms with Gasteiger partial charge in [0, 0.05) is 12.1 Å². The van der Waals surface area contributed by atoms with Crippen LogP contribution in [0.3, 0.4) is 0 Å². The third-order valence-corrected chi connectivity index (χ3v) is 3.49. The lowest BCUT2D eigenvalue weighted by Crippen LogP contribution is -2.29. The summed E-state index contributed by atoms with van der Waals surface area (Å²) in [5, 5.41) is 0. The van der Waals surface area contributed by atoms with Crippen LogP contribution in [0.25, 0.3) is 0 Å². The van der Waals surface area contributed by atoms with Crippen molar-refractivity contribution in [3.63, 3.8) is 0 Å². The Morgan fingerprint density at radius 1 is 1.17 bits per heavy atom. The number of amides is 1. The summed E-state index contributed by atoms with van der Waals surface area (Å²) in [5.41, 5.74) is 1.83. The molecule has 4 heteroatoms. The van der Waals surface area contributed by atoms with Crippen molar-refractivity contribution in [1.82, 2.24) is 4.98 Å². The number of pyridine rings is 1. The smallest absolute Gasteiger partial charge is 0.259 e. The first kappa shape index (κ1) is 11.4. The number of carbonyl (C=O) groups is 1. The van der Waals surface area contributed by atoms with Crippen LogP contribution in [0.15, 0.2) is 47.1 Å². The highest BCUT2D eigenvalue weighted by molar-refractivity contribution is 9.10. The van der Waals surface area contributed by atoms with E-state index in [-0.39, 0.29) is 5.91 Å². The van der Waals surface area contributed by atoms with E-state index in [2.05, 4.69) is 20.9 Å². The highest BCUT2D eigenvalue weighted by Gasteiger charge is 2.26. The Kier molecular flexibility index (Phi) is 2.88. The fraction of sp³-hybridized carbons (Fsp3) is 0.143. The number of anilines is 1. The van der Waals surface area contributed by atoms with Gasteiger partial charge in [0.1, 0.15) is 10.4 Å². The number of carbonyl (C=O) groups excluding carboxylic acids is 1. The zero-order valence-electron chi connectivity index (χ0n) is 9.64. The van der Waals surface area contributed by atoms with Gasteiger partial charge in [-0.2, -0.15) is 0 Å². The summed E-state index contributed by atoms with van der Waals surface area (Å²) < 4.78 is 0.758. The maximum atomic E-state index is 12.4. The van der Waals surface area contributed by atoms with E-state index in [1.54, 1.807) is 4.90 Å². The summed E-state index contributed by atoms with van der Waals surface area (Å²) in [6.07, 6.45) is 0.869. The predicted molar refractivity (Wildman–Crippen MR) is 73.8 cm³/mol. The molecule has 1 aliphatic rings. The summed E-state index contributed by atoms with van der Waals surface area (Å²) in [4.78, 5) is 18.5. The molecular weight excluding hydrogens is 292 g/mol. The number of aromatic nitrogens is 1. The van der Waals surface area contributed by atoms with Crippen molar-refractivity contribution in [3.05, 3.63) is 58.2 Å². The molecule has 0 atom stereocenters. The molecule has 0 saturated carbocycles. The van der Waals surface area contributed by atoms with Gasteiger partial charge in [0.25, 0.3) is 5.91 Å². The molecule has 0 fully saturated rings. The van der Waals surface area contributed by atoms with Crippen LogP contribution >= 0.6 is 15.9 Å². The summed E-state index contributed by atoms with van der Waals surface area (Å²) in [5.74, 6) is 0.790. The SMILES string of the molecule is O=C(c1ccccc1)N1CCc2ccc(Br)nc21. The average Bonchev–Trinajstić information content (AvgIpc) is 2.82. The molecule has 3 nitrogen and oxygen atoms in total. The second-order valence-electron chi connectivity index (χ2n) is 4.19. The topological polar surface area (TPSA) is 33.2 Å². The maximum Gasteiger partial charge on any atom is 0.259 e. The Morgan fingerprint density at radius 3 is 2.72 bits per heavy atom. The van der Waals surface area contributed by atoms with Gasteiger partial charge in [0.05, 0.1) is 0 Å². The molecule has 0 saturated heterocycles. The Balaban J connectivity index is 1.97. The van der Waals surface area contributed by atoms with E-state index in [9.17, 15) is 4.79 Å². The second-order valence-corrected chi connectivity index (χ2v) is 5.00. The molecule has 0 unspecified atom stereocenters. The number of hydrogen-bond acceptors (Lipinski definition) is 2. The highest BCUT2D eigenvalue weighted by Crippen LogP contribution is 2.28. The molecule has 0 spiro atoms. The molecular formula is C14H11BrN2O. The maximum absolute atomic E-state index is 12.4. The van der Waals surface area contributed by atoms with E-state index < -0.39 is 0 Å². The lowest BCUT2D eigenvalue weighted by Gasteiger charge is -2.16. The van der Waals surface area contributed by atoms with Gasteiger partial charge in [0.2, 0.25) is 0 Å². The zero-order chi connectivity index (χ0) is 12.5. The predicted octanol–water partition coefficient (Wildman–Crippen LogP) is 3.05. The molecule has 0 N–H and O–H groups in total. The molecule has 1 amide bonds. The van der Waals surface area contributed by atoms with Gasteiger partial charge in [-0.15, -0.1) is 0 Å². The molecule has 1 aliphatic heterocycles. The molecule has 1 aromatic heterocycles. The number of hydrogen-bond donors (Lipinski definition) is 0. The van der Waals surface area contributed by atoms with Crippen LogP contribution in [0.1, 0.15) is 15.9 Å². The van der Waals surface area contributed by atoms with Crippen LogP contribution in [0, 0.1) is 0 Å². The molecule has 2 heterocycles. The van der Waals surface area contributed by atoms with Crippen molar-refractivity contribution in [2.75, 3.05) is 11.4 Å². The van der Waals surface area contributed by atoms with Crippen LogP contribution < -0.4 is 4.90 Å². The van der Waals surface area contributed by atoms with Gasteiger partial charge >= 0.3 is 0 Å². The molecule has 90 valence electrons. The molecule has 0 radical (unpaired) electrons. The minimum atomic E-state index is 0.0138. The van der Waals surface area contributed by atoms with Crippen LogP contribution in [-0.2, 0) is 6.42 Å². The molecule has 0 bridgehead atoms. The van der Waals surface area contributed by atoms with Crippen molar-refractivity contribution in [2.45, 2.75) is 6.42 Å². The summed E-state index contributed by atoms with van der Waals surface area (Å²) in [6, 6.07) is 13.2. The first-order valence-electron chi connectivity index (χ1n) is 5.78. The largest absolute Gasteiger partial charge is 0.292 e. The van der Waals surface area contributed by atoms with Gasteiger partial charge in [-0.3, -0.25) is 9.69 Å². The third-order valence-electron chi connectivity index (χ3n) is 3.05. The van der Waals surface area contributed by atoms with E-state index >= 15 is 0 Å². The first-order chi connectivity index (χ1) is 8.75. The Labute approximate surface area is 114 Å². The summed E-state index contributed by atoms with van der Waals surface area (Å²) in [6.45, 7) is 0.701. The standard InChI is InChI=1S/C14H11BrN2O/c15-12-7-6-10-8-9-17(13(10)16-12)14(18)11-4-2-1-3-5-11/h1-7H,8-9H2. The summed E-state index contributed by atoms with van der Waals surface area (Å²) in [7, 11) is 0. The van der Waals surface area contributed by atoms with Gasteiger partial charge in [0.15, 0.2) is 0 Å². The van der Waals surface area contributed by atoms with Crippen LogP contribution in [-0.4, -0.2) is 17.4 Å². The van der Waals surface area contributed by atoms with E-state index in [1.165, 1.54) is 0 Å². The number of benzene rings is 1. The molecule has 0 aliphatic carbocycles. The minimum absolute atomic E-state index is 0.0138. The minimum Gasteiger partial charge on any atom is -0.292 e. The fourth-order valence-corrected chi connectivity index (χ4v) is 2.46. The number of halogens is 1. The molecule has 2 aromatic rings. The number of rotatable bonds is 1. The second kappa shape index (κ2) is 4.53. The fourth-order valence-electron chi connectivity index (χ4n) is 2.16. The van der Waals surface area contributed by atoms with Crippen LogP contribution in [0.5, 0.6) is 0 Å². The van der Waals surface area contributed by atoms with E-state index in [0.29, 0.717) is 12.1 Å². The Morgan fingerprint density at radius 2 is 1.94 bits per heavy atom. The molecule has 3 rings (SSSR count). The van der Waals surface area contributed by atoms with E-state index in [4.69, 9.17) is 0 Å². The van der Waals surface area contributed by atoms with Gasteiger partial charge in [-0.1, -0.05) is 24.3 Å². The van der Waals surface area contributed by atoms with Gasteiger partial charge < -0.3 is 0 Å². The van der Waals surface area contributed by atoms with E-state index in [0.717, 1.165) is 22.4 Å². The third kappa shape index (κ3) is 1.93. The quantitative estimate of drug-likeness (QED) is 0.759. The Bertz CT molecular complexity index is 598. The monoisotopic (exact) mass is 302 g/mol. The Hall–Kier alpha value is -1.68. The highest BCUT2D eigenvalue weighted by atomic mass is 79.9. The first-order valence-corrected chi connectivity index (χ1v) is 6.57. The van der Waals surface area contributed by atoms with Crippen molar-refractivity contribution >= 4 is 27.7 Å². The van der Waals surface area contributed by atoms with Crippen LogP contribution in [0.4, 0.5) is 5.82 Å².